The summed E-state index contributed by atoms with van der Waals surface area (Å²) in [6, 6.07) is 4.80. The molecule has 180 valence electrons. The van der Waals surface area contributed by atoms with Crippen molar-refractivity contribution in [2.75, 3.05) is 10.5 Å². The van der Waals surface area contributed by atoms with Crippen LogP contribution in [0.2, 0.25) is 0 Å². The second-order valence-electron chi connectivity index (χ2n) is 7.97. The summed E-state index contributed by atoms with van der Waals surface area (Å²) in [6.45, 7) is 1.51. The van der Waals surface area contributed by atoms with E-state index in [0.29, 0.717) is 17.4 Å². The first-order chi connectivity index (χ1) is 16.1. The number of aromatic nitrogens is 5. The summed E-state index contributed by atoms with van der Waals surface area (Å²) >= 11 is 1.34. The smallest absolute Gasteiger partial charge is 0.317 e. The minimum Gasteiger partial charge on any atom is -0.317 e. The number of nitrogens with one attached hydrogen (secondary N) is 2. The molecule has 0 aromatic carbocycles. The molecule has 0 unspecified atom stereocenters. The molecule has 0 saturated heterocycles. The van der Waals surface area contributed by atoms with Crippen LogP contribution in [0.3, 0.4) is 0 Å². The number of sulfone groups is 1. The van der Waals surface area contributed by atoms with Gasteiger partial charge < -0.3 is 9.29 Å². The van der Waals surface area contributed by atoms with Gasteiger partial charge in [0.05, 0.1) is 17.0 Å². The lowest BCUT2D eigenvalue weighted by molar-refractivity contribution is -0.137. The van der Waals surface area contributed by atoms with Gasteiger partial charge in [-0.3, -0.25) is 4.40 Å². The highest BCUT2D eigenvalue weighted by Crippen LogP contribution is 2.34. The van der Waals surface area contributed by atoms with Crippen molar-refractivity contribution >= 4 is 44.5 Å². The molecule has 1 saturated carbocycles. The van der Waals surface area contributed by atoms with E-state index in [0.717, 1.165) is 25.1 Å². The number of imidazole rings is 2. The molecule has 9 nitrogen and oxygen atoms in total. The van der Waals surface area contributed by atoms with Crippen molar-refractivity contribution in [3.8, 4) is 11.5 Å². The maximum absolute atomic E-state index is 13.1. The van der Waals surface area contributed by atoms with Gasteiger partial charge in [-0.15, -0.1) is 0 Å². The van der Waals surface area contributed by atoms with Crippen LogP contribution in [0, 0.1) is 0 Å². The van der Waals surface area contributed by atoms with Gasteiger partial charge in [-0.2, -0.15) is 13.2 Å². The fourth-order valence-corrected chi connectivity index (χ4v) is 5.35. The minimum absolute atomic E-state index is 0.00543. The molecule has 1 aliphatic rings. The van der Waals surface area contributed by atoms with Crippen molar-refractivity contribution in [3.63, 3.8) is 0 Å². The van der Waals surface area contributed by atoms with Crippen molar-refractivity contribution in [2.45, 2.75) is 37.0 Å². The molecule has 4 aromatic heterocycles. The lowest BCUT2D eigenvalue weighted by Crippen LogP contribution is -2.10. The first kappa shape index (κ1) is 22.9. The quantitative estimate of drug-likeness (QED) is 0.361. The number of hydrogen-bond acceptors (Lipinski definition) is 8. The first-order valence-electron chi connectivity index (χ1n) is 10.4. The van der Waals surface area contributed by atoms with E-state index in [2.05, 4.69) is 24.4 Å². The second kappa shape index (κ2) is 8.13. The molecular weight excluding hydrogens is 491 g/mol. The Labute approximate surface area is 197 Å². The van der Waals surface area contributed by atoms with Crippen LogP contribution in [-0.2, 0) is 23.1 Å². The number of hydrogen-bond donors (Lipinski definition) is 2. The summed E-state index contributed by atoms with van der Waals surface area (Å²) in [5.41, 5.74) is 0.365. The predicted molar refractivity (Wildman–Crippen MR) is 123 cm³/mol. The molecule has 14 heteroatoms. The van der Waals surface area contributed by atoms with Gasteiger partial charge in [-0.1, -0.05) is 6.92 Å². The highest BCUT2D eigenvalue weighted by Gasteiger charge is 2.33. The van der Waals surface area contributed by atoms with Crippen LogP contribution in [0.1, 0.15) is 25.3 Å². The fourth-order valence-electron chi connectivity index (χ4n) is 3.48. The largest absolute Gasteiger partial charge is 0.417 e. The molecule has 34 heavy (non-hydrogen) atoms. The van der Waals surface area contributed by atoms with E-state index >= 15 is 0 Å². The van der Waals surface area contributed by atoms with Crippen LogP contribution < -0.4 is 9.44 Å². The summed E-state index contributed by atoms with van der Waals surface area (Å²) in [7, 11) is -2.21. The summed E-state index contributed by atoms with van der Waals surface area (Å²) in [6.07, 6.45) is 0.0117. The Balaban J connectivity index is 1.64. The average Bonchev–Trinajstić information content (AvgIpc) is 3.44. The maximum atomic E-state index is 13.1. The number of nitrogens with zero attached hydrogens (tertiary/aromatic N) is 5. The fraction of sp³-hybridized carbons (Fsp3) is 0.350. The van der Waals surface area contributed by atoms with Crippen LogP contribution in [0.5, 0.6) is 0 Å². The zero-order valence-corrected chi connectivity index (χ0v) is 19.7. The molecule has 0 amide bonds. The summed E-state index contributed by atoms with van der Waals surface area (Å²) in [5.74, 6) is -0.0770. The highest BCUT2D eigenvalue weighted by atomic mass is 32.2. The molecule has 0 bridgehead atoms. The topological polar surface area (TPSA) is 106 Å². The van der Waals surface area contributed by atoms with Gasteiger partial charge in [0.25, 0.3) is 0 Å². The van der Waals surface area contributed by atoms with Crippen molar-refractivity contribution < 1.29 is 21.6 Å². The zero-order valence-electron chi connectivity index (χ0n) is 18.1. The normalized spacial score (nSPS) is 14.9. The molecule has 0 aliphatic heterocycles. The molecule has 2 N–H and O–H groups in total. The third-order valence-electron chi connectivity index (χ3n) is 5.48. The monoisotopic (exact) mass is 511 g/mol. The van der Waals surface area contributed by atoms with Gasteiger partial charge >= 0.3 is 6.18 Å². The number of halogens is 3. The van der Waals surface area contributed by atoms with Gasteiger partial charge in [-0.05, 0) is 25.0 Å². The lowest BCUT2D eigenvalue weighted by atomic mass is 10.2. The molecular formula is C20H20F3N7O2S2. The maximum Gasteiger partial charge on any atom is 0.417 e. The number of fused-ring (bicyclic) bond motifs is 2. The number of pyridine rings is 2. The van der Waals surface area contributed by atoms with Gasteiger partial charge in [0.2, 0.25) is 0 Å². The zero-order chi connectivity index (χ0) is 24.3. The Morgan fingerprint density at radius 3 is 2.68 bits per heavy atom. The Morgan fingerprint density at radius 1 is 1.24 bits per heavy atom. The molecule has 1 fully saturated rings. The van der Waals surface area contributed by atoms with Crippen LogP contribution in [-0.4, -0.2) is 44.1 Å². The Kier molecular flexibility index (Phi) is 5.48. The Morgan fingerprint density at radius 2 is 2.00 bits per heavy atom. The molecule has 0 atom stereocenters. The summed E-state index contributed by atoms with van der Waals surface area (Å²) in [5, 5.41) is -0.0743. The van der Waals surface area contributed by atoms with E-state index < -0.39 is 21.6 Å². The Hall–Kier alpha value is -2.84. The SMILES string of the molecule is CCS(=O)(=O)c1c(-c2nc3cc(C(F)(F)F)cnc3n2C)nc2cc(NSNC3CC3)ccn12. The van der Waals surface area contributed by atoms with Crippen molar-refractivity contribution in [1.29, 1.82) is 0 Å². The standard InChI is InChI=1S/C20H20F3N7O2S2/c1-3-34(31,32)19-16(18-25-14-8-11(20(21,22)23)10-24-17(14)29(18)2)26-15-9-13(6-7-30(15)19)28-33-27-12-4-5-12/h6-10,12,27-28H,3-5H2,1-2H3. The first-order valence-corrected chi connectivity index (χ1v) is 12.9. The summed E-state index contributed by atoms with van der Waals surface area (Å²) < 4.78 is 74.8. The van der Waals surface area contributed by atoms with Gasteiger partial charge in [-0.25, -0.2) is 28.1 Å². The van der Waals surface area contributed by atoms with E-state index in [9.17, 15) is 21.6 Å². The summed E-state index contributed by atoms with van der Waals surface area (Å²) in [4.78, 5) is 12.7. The van der Waals surface area contributed by atoms with E-state index in [1.54, 1.807) is 25.4 Å². The van der Waals surface area contributed by atoms with Crippen LogP contribution >= 0.6 is 12.1 Å². The predicted octanol–water partition coefficient (Wildman–Crippen LogP) is 3.82. The number of aryl methyl sites for hydroxylation is 1. The molecule has 4 heterocycles. The molecule has 1 aliphatic carbocycles. The highest BCUT2D eigenvalue weighted by molar-refractivity contribution is 7.98. The van der Waals surface area contributed by atoms with Gasteiger partial charge in [0.1, 0.15) is 16.9 Å². The van der Waals surface area contributed by atoms with E-state index in [4.69, 9.17) is 0 Å². The van der Waals surface area contributed by atoms with Crippen molar-refractivity contribution in [3.05, 3.63) is 36.2 Å². The molecule has 4 aromatic rings. The van der Waals surface area contributed by atoms with Gasteiger partial charge in [0.15, 0.2) is 26.3 Å². The second-order valence-corrected chi connectivity index (χ2v) is 10.8. The number of anilines is 1. The third-order valence-corrected chi connectivity index (χ3v) is 8.01. The van der Waals surface area contributed by atoms with E-state index in [1.165, 1.54) is 28.0 Å². The van der Waals surface area contributed by atoms with Crippen molar-refractivity contribution in [1.82, 2.24) is 28.6 Å². The van der Waals surface area contributed by atoms with Crippen LogP contribution in [0.4, 0.5) is 18.9 Å². The number of rotatable bonds is 7. The van der Waals surface area contributed by atoms with E-state index in [-0.39, 0.29) is 33.5 Å². The van der Waals surface area contributed by atoms with E-state index in [1.807, 2.05) is 0 Å². The third kappa shape index (κ3) is 4.09. The van der Waals surface area contributed by atoms with Gasteiger partial charge in [0, 0.05) is 43.7 Å². The minimum atomic E-state index is -4.57. The molecule has 0 spiro atoms. The van der Waals surface area contributed by atoms with Crippen LogP contribution in [0.25, 0.3) is 28.3 Å². The molecule has 5 rings (SSSR count). The average molecular weight is 512 g/mol. The lowest BCUT2D eigenvalue weighted by Gasteiger charge is -2.07. The Bertz CT molecular complexity index is 1510. The van der Waals surface area contributed by atoms with Crippen molar-refractivity contribution in [2.24, 2.45) is 7.05 Å². The number of alkyl halides is 3. The molecule has 0 radical (unpaired) electrons. The van der Waals surface area contributed by atoms with Crippen LogP contribution in [0.15, 0.2) is 35.6 Å².